The molecule has 29 heavy (non-hydrogen) atoms. The van der Waals surface area contributed by atoms with Crippen molar-refractivity contribution >= 4 is 11.8 Å². The minimum atomic E-state index is -0.469. The van der Waals surface area contributed by atoms with Gasteiger partial charge in [-0.2, -0.15) is 0 Å². The van der Waals surface area contributed by atoms with Gasteiger partial charge in [-0.1, -0.05) is 32.0 Å². The fraction of sp³-hybridized carbons (Fsp3) is 0.417. The largest absolute Gasteiger partial charge is 0.465 e. The highest BCUT2D eigenvalue weighted by Gasteiger charge is 2.34. The van der Waals surface area contributed by atoms with E-state index >= 15 is 0 Å². The molecule has 0 radical (unpaired) electrons. The molecule has 0 aromatic heterocycles. The van der Waals surface area contributed by atoms with Crippen molar-refractivity contribution in [3.63, 3.8) is 0 Å². The summed E-state index contributed by atoms with van der Waals surface area (Å²) in [6.07, 6.45) is 1.81. The zero-order chi connectivity index (χ0) is 20.5. The van der Waals surface area contributed by atoms with Crippen LogP contribution >= 0.6 is 0 Å². The fourth-order valence-electron chi connectivity index (χ4n) is 4.23. The highest BCUT2D eigenvalue weighted by molar-refractivity contribution is 6.21. The Kier molecular flexibility index (Phi) is 5.41. The van der Waals surface area contributed by atoms with Crippen LogP contribution in [0.3, 0.4) is 0 Å². The van der Waals surface area contributed by atoms with Crippen molar-refractivity contribution in [1.82, 2.24) is 4.90 Å². The number of fused-ring (bicyclic) bond motifs is 2. The molecule has 0 fully saturated rings. The van der Waals surface area contributed by atoms with Crippen LogP contribution in [0.2, 0.25) is 0 Å². The molecule has 0 bridgehead atoms. The third kappa shape index (κ3) is 3.79. The summed E-state index contributed by atoms with van der Waals surface area (Å²) in [4.78, 5) is 26.0. The molecule has 0 saturated carbocycles. The quantitative estimate of drug-likeness (QED) is 0.539. The molecule has 2 aliphatic rings. The van der Waals surface area contributed by atoms with Crippen LogP contribution in [0, 0.1) is 5.92 Å². The Hall–Kier alpha value is -2.66. The Labute approximate surface area is 171 Å². The van der Waals surface area contributed by atoms with Crippen molar-refractivity contribution in [1.29, 1.82) is 0 Å². The molecular formula is C24H27NO4. The maximum Gasteiger partial charge on any atom is 0.261 e. The topological polar surface area (TPSA) is 55.8 Å². The molecule has 152 valence electrons. The van der Waals surface area contributed by atoms with Gasteiger partial charge in [-0.15, -0.1) is 0 Å². The van der Waals surface area contributed by atoms with Crippen LogP contribution in [0.15, 0.2) is 42.5 Å². The third-order valence-corrected chi connectivity index (χ3v) is 6.18. The van der Waals surface area contributed by atoms with Gasteiger partial charge in [-0.25, -0.2) is 0 Å². The van der Waals surface area contributed by atoms with E-state index in [-0.39, 0.29) is 25.0 Å². The van der Waals surface area contributed by atoms with Gasteiger partial charge in [0.2, 0.25) is 0 Å². The lowest BCUT2D eigenvalue weighted by atomic mass is 9.77. The van der Waals surface area contributed by atoms with Crippen molar-refractivity contribution in [3.8, 4) is 5.75 Å². The summed E-state index contributed by atoms with van der Waals surface area (Å²) in [7, 11) is 0. The van der Waals surface area contributed by atoms with Gasteiger partial charge >= 0.3 is 0 Å². The van der Waals surface area contributed by atoms with Gasteiger partial charge in [0.1, 0.15) is 5.75 Å². The van der Waals surface area contributed by atoms with E-state index in [4.69, 9.17) is 9.47 Å². The second-order valence-corrected chi connectivity index (χ2v) is 8.03. The van der Waals surface area contributed by atoms with Crippen molar-refractivity contribution < 1.29 is 19.1 Å². The normalized spacial score (nSPS) is 21.7. The number of hydrogen-bond acceptors (Lipinski definition) is 4. The lowest BCUT2D eigenvalue weighted by Crippen LogP contribution is -2.34. The number of ether oxygens (including phenoxy) is 2. The number of nitrogens with zero attached hydrogens (tertiary/aromatic N) is 1. The molecule has 0 N–H and O–H groups in total. The number of amides is 2. The second kappa shape index (κ2) is 7.99. The maximum absolute atomic E-state index is 12.4. The lowest BCUT2D eigenvalue weighted by Gasteiger charge is -2.29. The number of carbonyl (C=O) groups excluding carboxylic acids is 2. The van der Waals surface area contributed by atoms with Crippen LogP contribution < -0.4 is 4.74 Å². The number of rotatable bonds is 6. The summed E-state index contributed by atoms with van der Waals surface area (Å²) in [5.41, 5.74) is 3.68. The molecule has 4 rings (SSSR count). The number of carbonyl (C=O) groups is 2. The number of aryl methyl sites for hydroxylation is 1. The Balaban J connectivity index is 1.31. The van der Waals surface area contributed by atoms with Gasteiger partial charge in [0.15, 0.2) is 6.29 Å². The molecular weight excluding hydrogens is 366 g/mol. The molecule has 1 aliphatic heterocycles. The molecule has 0 saturated heterocycles. The zero-order valence-corrected chi connectivity index (χ0v) is 17.2. The zero-order valence-electron chi connectivity index (χ0n) is 17.2. The molecule has 1 aliphatic carbocycles. The first kappa shape index (κ1) is 19.6. The Morgan fingerprint density at radius 2 is 1.76 bits per heavy atom. The standard InChI is InChI=1S/C24H27NO4/c1-15-8-9-18-14-19(10-11-20(18)16(15)2)29-17(3)28-13-12-25-23(26)21-6-4-5-7-22(21)24(25)27/h4-7,10-11,14-17H,8-9,12-13H2,1-3H3. The Bertz CT molecular complexity index is 903. The van der Waals surface area contributed by atoms with E-state index in [1.165, 1.54) is 22.4 Å². The first-order valence-corrected chi connectivity index (χ1v) is 10.3. The minimum Gasteiger partial charge on any atom is -0.465 e. The molecule has 3 atom stereocenters. The molecule has 2 amide bonds. The van der Waals surface area contributed by atoms with Crippen molar-refractivity contribution in [2.45, 2.75) is 45.8 Å². The number of hydrogen-bond donors (Lipinski definition) is 0. The summed E-state index contributed by atoms with van der Waals surface area (Å²) in [6, 6.07) is 13.2. The van der Waals surface area contributed by atoms with E-state index in [1.54, 1.807) is 24.3 Å². The van der Waals surface area contributed by atoms with Crippen LogP contribution in [-0.4, -0.2) is 36.2 Å². The first-order chi connectivity index (χ1) is 14.0. The van der Waals surface area contributed by atoms with Gasteiger partial charge in [0.05, 0.1) is 24.3 Å². The molecule has 2 aromatic carbocycles. The summed E-state index contributed by atoms with van der Waals surface area (Å²) in [5, 5.41) is 0. The Morgan fingerprint density at radius 3 is 2.45 bits per heavy atom. The SMILES string of the molecule is CC(OCCN1C(=O)c2ccccc2C1=O)Oc1ccc2c(c1)CCC(C)C2C. The Morgan fingerprint density at radius 1 is 1.07 bits per heavy atom. The van der Waals surface area contributed by atoms with E-state index in [9.17, 15) is 9.59 Å². The summed E-state index contributed by atoms with van der Waals surface area (Å²) < 4.78 is 11.6. The van der Waals surface area contributed by atoms with E-state index in [2.05, 4.69) is 26.0 Å². The van der Waals surface area contributed by atoms with Crippen LogP contribution in [-0.2, 0) is 11.2 Å². The van der Waals surface area contributed by atoms with Gasteiger partial charge < -0.3 is 9.47 Å². The van der Waals surface area contributed by atoms with Crippen LogP contribution in [0.5, 0.6) is 5.75 Å². The third-order valence-electron chi connectivity index (χ3n) is 6.18. The second-order valence-electron chi connectivity index (χ2n) is 8.03. The van der Waals surface area contributed by atoms with E-state index in [1.807, 2.05) is 13.0 Å². The van der Waals surface area contributed by atoms with Crippen molar-refractivity contribution in [2.75, 3.05) is 13.2 Å². The predicted octanol–water partition coefficient (Wildman–Crippen LogP) is 4.41. The van der Waals surface area contributed by atoms with E-state index in [0.717, 1.165) is 12.2 Å². The van der Waals surface area contributed by atoms with Crippen LogP contribution in [0.4, 0.5) is 0 Å². The first-order valence-electron chi connectivity index (χ1n) is 10.3. The van der Waals surface area contributed by atoms with Crippen LogP contribution in [0.25, 0.3) is 0 Å². The van der Waals surface area contributed by atoms with Crippen molar-refractivity contribution in [3.05, 3.63) is 64.7 Å². The summed E-state index contributed by atoms with van der Waals surface area (Å²) >= 11 is 0. The average molecular weight is 393 g/mol. The summed E-state index contributed by atoms with van der Waals surface area (Å²) in [5.74, 6) is 1.54. The molecule has 3 unspecified atom stereocenters. The average Bonchev–Trinajstić information content (AvgIpc) is 2.96. The van der Waals surface area contributed by atoms with Gasteiger partial charge in [0, 0.05) is 0 Å². The minimum absolute atomic E-state index is 0.208. The lowest BCUT2D eigenvalue weighted by molar-refractivity contribution is -0.0689. The summed E-state index contributed by atoms with van der Waals surface area (Å²) in [6.45, 7) is 6.86. The molecule has 5 nitrogen and oxygen atoms in total. The van der Waals surface area contributed by atoms with E-state index < -0.39 is 6.29 Å². The molecule has 5 heteroatoms. The fourth-order valence-corrected chi connectivity index (χ4v) is 4.23. The van der Waals surface area contributed by atoms with E-state index in [0.29, 0.717) is 23.0 Å². The molecule has 2 aromatic rings. The van der Waals surface area contributed by atoms with Gasteiger partial charge in [-0.05, 0) is 67.0 Å². The molecule has 1 heterocycles. The smallest absolute Gasteiger partial charge is 0.261 e. The highest BCUT2D eigenvalue weighted by atomic mass is 16.7. The van der Waals surface area contributed by atoms with Gasteiger partial charge in [0.25, 0.3) is 11.8 Å². The van der Waals surface area contributed by atoms with Crippen molar-refractivity contribution in [2.24, 2.45) is 5.92 Å². The molecule has 0 spiro atoms. The highest BCUT2D eigenvalue weighted by Crippen LogP contribution is 2.37. The maximum atomic E-state index is 12.4. The predicted molar refractivity (Wildman–Crippen MR) is 110 cm³/mol. The van der Waals surface area contributed by atoms with Crippen LogP contribution in [0.1, 0.15) is 65.0 Å². The van der Waals surface area contributed by atoms with Gasteiger partial charge in [-0.3, -0.25) is 14.5 Å². The number of imide groups is 1. The monoisotopic (exact) mass is 393 g/mol. The number of benzene rings is 2.